The smallest absolute Gasteiger partial charge is 0.239 e. The van der Waals surface area contributed by atoms with E-state index in [4.69, 9.17) is 11.6 Å². The second kappa shape index (κ2) is 7.60. The van der Waals surface area contributed by atoms with Gasteiger partial charge in [-0.2, -0.15) is 0 Å². The highest BCUT2D eigenvalue weighted by atomic mass is 35.5. The Morgan fingerprint density at radius 3 is 2.87 bits per heavy atom. The second-order valence-corrected chi connectivity index (χ2v) is 6.81. The Morgan fingerprint density at radius 2 is 2.26 bits per heavy atom. The molecule has 0 aliphatic carbocycles. The van der Waals surface area contributed by atoms with Crippen LogP contribution in [0.25, 0.3) is 0 Å². The first kappa shape index (κ1) is 18.2. The average Bonchev–Trinajstić information content (AvgIpc) is 2.52. The van der Waals surface area contributed by atoms with Crippen molar-refractivity contribution >= 4 is 17.5 Å². The van der Waals surface area contributed by atoms with Crippen LogP contribution in [-0.2, 0) is 11.3 Å². The van der Waals surface area contributed by atoms with E-state index < -0.39 is 11.9 Å². The van der Waals surface area contributed by atoms with E-state index in [1.54, 1.807) is 19.2 Å². The van der Waals surface area contributed by atoms with Crippen LogP contribution >= 0.6 is 11.6 Å². The van der Waals surface area contributed by atoms with Crippen LogP contribution in [0.3, 0.4) is 0 Å². The Morgan fingerprint density at radius 1 is 1.57 bits per heavy atom. The van der Waals surface area contributed by atoms with E-state index in [9.17, 15) is 14.3 Å². The number of amides is 1. The molecule has 0 spiro atoms. The number of rotatable bonds is 4. The molecule has 1 amide bonds. The van der Waals surface area contributed by atoms with Gasteiger partial charge in [-0.05, 0) is 37.9 Å². The minimum absolute atomic E-state index is 0.105. The zero-order valence-electron chi connectivity index (χ0n) is 13.8. The predicted octanol–water partition coefficient (Wildman–Crippen LogP) is 2.53. The molecule has 0 bridgehead atoms. The Kier molecular flexibility index (Phi) is 6.00. The van der Waals surface area contributed by atoms with Gasteiger partial charge in [0.05, 0.1) is 12.1 Å². The topological polar surface area (TPSA) is 43.8 Å². The lowest BCUT2D eigenvalue weighted by atomic mass is 9.95. The van der Waals surface area contributed by atoms with Crippen LogP contribution < -0.4 is 0 Å². The molecule has 3 atom stereocenters. The van der Waals surface area contributed by atoms with Gasteiger partial charge in [-0.1, -0.05) is 24.6 Å². The molecule has 1 heterocycles. The standard InChI is InChI=1S/C17H24ClFN2O2/c1-11-7-8-21(10-16(11)22)12(2)17(23)20(3)9-13-14(18)5-4-6-15(13)19/h4-6,11-12,16,22H,7-10H2,1-3H3. The van der Waals surface area contributed by atoms with Crippen molar-refractivity contribution < 1.29 is 14.3 Å². The fraction of sp³-hybridized carbons (Fsp3) is 0.588. The normalized spacial score (nSPS) is 23.6. The van der Waals surface area contributed by atoms with E-state index in [0.29, 0.717) is 17.1 Å². The van der Waals surface area contributed by atoms with Gasteiger partial charge in [0.1, 0.15) is 5.82 Å². The molecule has 6 heteroatoms. The highest BCUT2D eigenvalue weighted by Crippen LogP contribution is 2.22. The Balaban J connectivity index is 2.02. The van der Waals surface area contributed by atoms with E-state index in [1.165, 1.54) is 11.0 Å². The third-order valence-electron chi connectivity index (χ3n) is 4.69. The van der Waals surface area contributed by atoms with Crippen molar-refractivity contribution in [3.8, 4) is 0 Å². The van der Waals surface area contributed by atoms with Gasteiger partial charge in [0, 0.05) is 30.7 Å². The van der Waals surface area contributed by atoms with Crippen LogP contribution in [-0.4, -0.2) is 53.1 Å². The lowest BCUT2D eigenvalue weighted by molar-refractivity contribution is -0.137. The number of benzene rings is 1. The first-order valence-corrected chi connectivity index (χ1v) is 8.29. The number of piperidine rings is 1. The van der Waals surface area contributed by atoms with E-state index in [2.05, 4.69) is 0 Å². The van der Waals surface area contributed by atoms with E-state index in [0.717, 1.165) is 13.0 Å². The fourth-order valence-corrected chi connectivity index (χ4v) is 3.12. The van der Waals surface area contributed by atoms with Crippen molar-refractivity contribution in [1.82, 2.24) is 9.80 Å². The molecule has 1 aliphatic rings. The van der Waals surface area contributed by atoms with Crippen molar-refractivity contribution in [3.05, 3.63) is 34.6 Å². The lowest BCUT2D eigenvalue weighted by Gasteiger charge is -2.38. The molecule has 1 N–H and O–H groups in total. The average molecular weight is 343 g/mol. The van der Waals surface area contributed by atoms with Crippen LogP contribution in [0.5, 0.6) is 0 Å². The summed E-state index contributed by atoms with van der Waals surface area (Å²) in [6.45, 7) is 5.23. The summed E-state index contributed by atoms with van der Waals surface area (Å²) in [6.07, 6.45) is 0.451. The van der Waals surface area contributed by atoms with Gasteiger partial charge < -0.3 is 10.0 Å². The van der Waals surface area contributed by atoms with Gasteiger partial charge in [-0.25, -0.2) is 4.39 Å². The zero-order chi connectivity index (χ0) is 17.1. The lowest BCUT2D eigenvalue weighted by Crippen LogP contribution is -2.52. The number of carbonyl (C=O) groups excluding carboxylic acids is 1. The minimum Gasteiger partial charge on any atom is -0.392 e. The maximum absolute atomic E-state index is 13.9. The third-order valence-corrected chi connectivity index (χ3v) is 5.04. The van der Waals surface area contributed by atoms with Crippen molar-refractivity contribution in [2.24, 2.45) is 5.92 Å². The summed E-state index contributed by atoms with van der Waals surface area (Å²) in [5, 5.41) is 10.3. The molecule has 0 radical (unpaired) electrons. The number of aliphatic hydroxyl groups excluding tert-OH is 1. The molecular formula is C17H24ClFN2O2. The number of likely N-dealkylation sites (N-methyl/N-ethyl adjacent to an activating group) is 1. The largest absolute Gasteiger partial charge is 0.392 e. The van der Waals surface area contributed by atoms with Gasteiger partial charge in [0.25, 0.3) is 0 Å². The molecule has 0 saturated carbocycles. The maximum atomic E-state index is 13.9. The van der Waals surface area contributed by atoms with Crippen molar-refractivity contribution in [2.75, 3.05) is 20.1 Å². The maximum Gasteiger partial charge on any atom is 0.239 e. The molecule has 0 aromatic heterocycles. The van der Waals surface area contributed by atoms with Crippen LogP contribution in [0.1, 0.15) is 25.8 Å². The molecular weight excluding hydrogens is 319 g/mol. The molecule has 3 unspecified atom stereocenters. The monoisotopic (exact) mass is 342 g/mol. The summed E-state index contributed by atoms with van der Waals surface area (Å²) >= 11 is 6.02. The van der Waals surface area contributed by atoms with Crippen molar-refractivity contribution in [1.29, 1.82) is 0 Å². The molecule has 128 valence electrons. The van der Waals surface area contributed by atoms with E-state index in [-0.39, 0.29) is 24.4 Å². The van der Waals surface area contributed by atoms with Gasteiger partial charge in [0.2, 0.25) is 5.91 Å². The highest BCUT2D eigenvalue weighted by Gasteiger charge is 2.31. The Bertz CT molecular complexity index is 549. The summed E-state index contributed by atoms with van der Waals surface area (Å²) in [6, 6.07) is 4.14. The number of hydrogen-bond donors (Lipinski definition) is 1. The zero-order valence-corrected chi connectivity index (χ0v) is 14.6. The Labute approximate surface area is 141 Å². The second-order valence-electron chi connectivity index (χ2n) is 6.40. The van der Waals surface area contributed by atoms with Crippen LogP contribution in [0.4, 0.5) is 4.39 Å². The highest BCUT2D eigenvalue weighted by molar-refractivity contribution is 6.31. The number of nitrogens with zero attached hydrogens (tertiary/aromatic N) is 2. The van der Waals surface area contributed by atoms with Gasteiger partial charge in [-0.3, -0.25) is 9.69 Å². The van der Waals surface area contributed by atoms with Crippen LogP contribution in [0.2, 0.25) is 5.02 Å². The summed E-state index contributed by atoms with van der Waals surface area (Å²) in [4.78, 5) is 16.1. The Hall–Kier alpha value is -1.17. The number of hydrogen-bond acceptors (Lipinski definition) is 3. The first-order chi connectivity index (χ1) is 10.8. The summed E-state index contributed by atoms with van der Waals surface area (Å²) < 4.78 is 13.9. The molecule has 1 aliphatic heterocycles. The summed E-state index contributed by atoms with van der Waals surface area (Å²) in [5.74, 6) is -0.262. The molecule has 1 aromatic rings. The molecule has 1 aromatic carbocycles. The first-order valence-electron chi connectivity index (χ1n) is 7.91. The number of halogens is 2. The fourth-order valence-electron chi connectivity index (χ4n) is 2.90. The van der Waals surface area contributed by atoms with Crippen LogP contribution in [0.15, 0.2) is 18.2 Å². The molecule has 23 heavy (non-hydrogen) atoms. The quantitative estimate of drug-likeness (QED) is 0.914. The van der Waals surface area contributed by atoms with Crippen LogP contribution in [0, 0.1) is 11.7 Å². The number of β-amino-alcohol motifs (C(OH)–C–C–N with tert-alkyl or cyclic N) is 1. The third kappa shape index (κ3) is 4.22. The summed E-state index contributed by atoms with van der Waals surface area (Å²) in [7, 11) is 1.64. The van der Waals surface area contributed by atoms with E-state index in [1.807, 2.05) is 18.7 Å². The van der Waals surface area contributed by atoms with Gasteiger partial charge in [0.15, 0.2) is 0 Å². The van der Waals surface area contributed by atoms with Gasteiger partial charge in [-0.15, -0.1) is 0 Å². The molecule has 2 rings (SSSR count). The van der Waals surface area contributed by atoms with Crippen molar-refractivity contribution in [2.45, 2.75) is 39.0 Å². The predicted molar refractivity (Wildman–Crippen MR) is 88.7 cm³/mol. The SMILES string of the molecule is CC1CCN(C(C)C(=O)N(C)Cc2c(F)cccc2Cl)CC1O. The number of aliphatic hydroxyl groups is 1. The number of likely N-dealkylation sites (tertiary alicyclic amines) is 1. The molecule has 1 saturated heterocycles. The van der Waals surface area contributed by atoms with E-state index >= 15 is 0 Å². The minimum atomic E-state index is -0.412. The number of carbonyl (C=O) groups is 1. The van der Waals surface area contributed by atoms with Gasteiger partial charge >= 0.3 is 0 Å². The van der Waals surface area contributed by atoms with Crippen molar-refractivity contribution in [3.63, 3.8) is 0 Å². The molecule has 4 nitrogen and oxygen atoms in total. The summed E-state index contributed by atoms with van der Waals surface area (Å²) in [5.41, 5.74) is 0.324. The molecule has 1 fully saturated rings.